The molecular weight excluding hydrogens is 232 g/mol. The first-order chi connectivity index (χ1) is 7.61. The van der Waals surface area contributed by atoms with Crippen LogP contribution in [0.15, 0.2) is 24.0 Å². The van der Waals surface area contributed by atoms with Crippen LogP contribution >= 0.6 is 11.6 Å². The van der Waals surface area contributed by atoms with E-state index >= 15 is 0 Å². The molecule has 0 saturated carbocycles. The molecule has 0 spiro atoms. The van der Waals surface area contributed by atoms with Crippen molar-refractivity contribution < 1.29 is 9.66 Å². The fourth-order valence-electron chi connectivity index (χ4n) is 1.46. The Morgan fingerprint density at radius 1 is 1.56 bits per heavy atom. The Labute approximate surface area is 95.7 Å². The Morgan fingerprint density at radius 3 is 2.94 bits per heavy atom. The maximum Gasteiger partial charge on any atom is 0.313 e. The van der Waals surface area contributed by atoms with E-state index in [0.717, 1.165) is 0 Å². The van der Waals surface area contributed by atoms with Gasteiger partial charge in [0.05, 0.1) is 4.92 Å². The van der Waals surface area contributed by atoms with E-state index in [1.807, 2.05) is 6.07 Å². The molecule has 0 aromatic heterocycles. The fraction of sp³-hybridized carbons (Fsp3) is 0.100. The highest BCUT2D eigenvalue weighted by molar-refractivity contribution is 6.31. The molecule has 6 heteroatoms. The third-order valence-corrected chi connectivity index (χ3v) is 2.36. The van der Waals surface area contributed by atoms with Crippen LogP contribution < -0.4 is 4.74 Å². The summed E-state index contributed by atoms with van der Waals surface area (Å²) in [6, 6.07) is 4.61. The highest BCUT2D eigenvalue weighted by Gasteiger charge is 2.24. The van der Waals surface area contributed by atoms with Gasteiger partial charge in [0.2, 0.25) is 11.5 Å². The first kappa shape index (κ1) is 10.5. The molecule has 2 rings (SSSR count). The Balaban J connectivity index is 2.57. The molecule has 0 aliphatic carbocycles. The molecule has 5 nitrogen and oxygen atoms in total. The van der Waals surface area contributed by atoms with Crippen LogP contribution in [0.25, 0.3) is 0 Å². The Kier molecular flexibility index (Phi) is 2.50. The van der Waals surface area contributed by atoms with Crippen LogP contribution in [-0.4, -0.2) is 4.92 Å². The lowest BCUT2D eigenvalue weighted by Crippen LogP contribution is -2.06. The van der Waals surface area contributed by atoms with Crippen molar-refractivity contribution in [3.63, 3.8) is 0 Å². The van der Waals surface area contributed by atoms with E-state index in [1.165, 1.54) is 6.07 Å². The largest absolute Gasteiger partial charge is 0.439 e. The van der Waals surface area contributed by atoms with Crippen LogP contribution in [0.2, 0.25) is 5.02 Å². The van der Waals surface area contributed by atoms with Crippen LogP contribution in [0.4, 0.5) is 5.69 Å². The number of hydrogen-bond acceptors (Lipinski definition) is 4. The number of fused-ring (bicyclic) bond motifs is 1. The van der Waals surface area contributed by atoms with Gasteiger partial charge in [-0.25, -0.2) is 0 Å². The molecule has 1 aliphatic heterocycles. The second-order valence-corrected chi connectivity index (χ2v) is 3.59. The number of nitro benzene ring substituents is 1. The van der Waals surface area contributed by atoms with Crippen molar-refractivity contribution in [1.82, 2.24) is 0 Å². The molecule has 0 N–H and O–H groups in total. The molecule has 0 atom stereocenters. The molecule has 0 saturated heterocycles. The monoisotopic (exact) mass is 236 g/mol. The third-order valence-electron chi connectivity index (χ3n) is 2.14. The lowest BCUT2D eigenvalue weighted by molar-refractivity contribution is -0.385. The van der Waals surface area contributed by atoms with E-state index in [4.69, 9.17) is 21.6 Å². The van der Waals surface area contributed by atoms with E-state index in [9.17, 15) is 10.1 Å². The maximum atomic E-state index is 10.8. The zero-order valence-corrected chi connectivity index (χ0v) is 8.69. The maximum absolute atomic E-state index is 10.8. The first-order valence-electron chi connectivity index (χ1n) is 4.36. The first-order valence-corrected chi connectivity index (χ1v) is 4.74. The summed E-state index contributed by atoms with van der Waals surface area (Å²) in [6.07, 6.45) is 1.96. The van der Waals surface area contributed by atoms with Gasteiger partial charge in [0.15, 0.2) is 0 Å². The van der Waals surface area contributed by atoms with Gasteiger partial charge in [-0.3, -0.25) is 10.1 Å². The number of ether oxygens (including phenoxy) is 1. The number of halogens is 1. The zero-order valence-electron chi connectivity index (χ0n) is 7.94. The van der Waals surface area contributed by atoms with Crippen molar-refractivity contribution in [3.05, 3.63) is 44.7 Å². The van der Waals surface area contributed by atoms with Gasteiger partial charge < -0.3 is 4.74 Å². The predicted molar refractivity (Wildman–Crippen MR) is 56.1 cm³/mol. The normalized spacial score (nSPS) is 13.1. The van der Waals surface area contributed by atoms with Crippen LogP contribution in [0.5, 0.6) is 5.75 Å². The average Bonchev–Trinajstić information content (AvgIpc) is 2.27. The van der Waals surface area contributed by atoms with Gasteiger partial charge in [0.1, 0.15) is 6.07 Å². The minimum Gasteiger partial charge on any atom is -0.439 e. The average molecular weight is 237 g/mol. The molecule has 1 heterocycles. The number of nitrogens with zero attached hydrogens (tertiary/aromatic N) is 2. The van der Waals surface area contributed by atoms with Gasteiger partial charge in [0, 0.05) is 16.7 Å². The molecule has 0 radical (unpaired) electrons. The van der Waals surface area contributed by atoms with Crippen LogP contribution in [0.1, 0.15) is 5.56 Å². The lowest BCUT2D eigenvalue weighted by Gasteiger charge is -2.14. The van der Waals surface area contributed by atoms with Gasteiger partial charge in [-0.2, -0.15) is 5.26 Å². The Bertz CT molecular complexity index is 546. The molecule has 80 valence electrons. The Hall–Kier alpha value is -2.06. The van der Waals surface area contributed by atoms with Gasteiger partial charge in [-0.05, 0) is 18.6 Å². The summed E-state index contributed by atoms with van der Waals surface area (Å²) < 4.78 is 5.13. The van der Waals surface area contributed by atoms with Gasteiger partial charge in [0.25, 0.3) is 0 Å². The number of rotatable bonds is 1. The second kappa shape index (κ2) is 3.83. The standard InChI is InChI=1S/C10H5ClN2O3/c11-7-3-6-1-2-8(5-12)16-10(6)9(4-7)13(14)15/h2-4H,1H2. The van der Waals surface area contributed by atoms with Crippen molar-refractivity contribution in [3.8, 4) is 11.8 Å². The zero-order chi connectivity index (χ0) is 11.7. The molecule has 16 heavy (non-hydrogen) atoms. The van der Waals surface area contributed by atoms with E-state index in [2.05, 4.69) is 0 Å². The molecular formula is C10H5ClN2O3. The molecule has 0 bridgehead atoms. The number of allylic oxidation sites excluding steroid dienone is 2. The SMILES string of the molecule is N#CC1=CCc2cc(Cl)cc([N+](=O)[O-])c2O1. The second-order valence-electron chi connectivity index (χ2n) is 3.16. The number of benzene rings is 1. The fourth-order valence-corrected chi connectivity index (χ4v) is 1.70. The van der Waals surface area contributed by atoms with Crippen LogP contribution in [0.3, 0.4) is 0 Å². The van der Waals surface area contributed by atoms with E-state index in [-0.39, 0.29) is 22.2 Å². The summed E-state index contributed by atoms with van der Waals surface area (Å²) >= 11 is 5.75. The topological polar surface area (TPSA) is 76.2 Å². The molecule has 1 aromatic carbocycles. The van der Waals surface area contributed by atoms with Gasteiger partial charge >= 0.3 is 5.69 Å². The lowest BCUT2D eigenvalue weighted by atomic mass is 10.1. The van der Waals surface area contributed by atoms with Crippen LogP contribution in [-0.2, 0) is 6.42 Å². The highest BCUT2D eigenvalue weighted by Crippen LogP contribution is 2.38. The highest BCUT2D eigenvalue weighted by atomic mass is 35.5. The van der Waals surface area contributed by atoms with Crippen molar-refractivity contribution in [2.75, 3.05) is 0 Å². The summed E-state index contributed by atoms with van der Waals surface area (Å²) in [4.78, 5) is 10.2. The summed E-state index contributed by atoms with van der Waals surface area (Å²) in [5.74, 6) is 0.173. The quantitative estimate of drug-likeness (QED) is 0.555. The predicted octanol–water partition coefficient (Wildman–Crippen LogP) is 2.59. The molecule has 0 fully saturated rings. The number of nitro groups is 1. The summed E-state index contributed by atoms with van der Waals surface area (Å²) in [5.41, 5.74) is 0.390. The number of hydrogen-bond donors (Lipinski definition) is 0. The molecule has 1 aromatic rings. The molecule has 1 aliphatic rings. The number of nitriles is 1. The minimum atomic E-state index is -0.578. The van der Waals surface area contributed by atoms with Gasteiger partial charge in [-0.15, -0.1) is 0 Å². The summed E-state index contributed by atoms with van der Waals surface area (Å²) in [6.45, 7) is 0. The van der Waals surface area contributed by atoms with Gasteiger partial charge in [-0.1, -0.05) is 11.6 Å². The van der Waals surface area contributed by atoms with Crippen LogP contribution in [0, 0.1) is 21.4 Å². The van der Waals surface area contributed by atoms with E-state index < -0.39 is 4.92 Å². The smallest absolute Gasteiger partial charge is 0.313 e. The van der Waals surface area contributed by atoms with Crippen molar-refractivity contribution in [2.24, 2.45) is 0 Å². The van der Waals surface area contributed by atoms with Crippen molar-refractivity contribution >= 4 is 17.3 Å². The molecule has 0 amide bonds. The third kappa shape index (κ3) is 1.71. The summed E-state index contributed by atoms with van der Waals surface area (Å²) in [7, 11) is 0. The van der Waals surface area contributed by atoms with Crippen molar-refractivity contribution in [1.29, 1.82) is 5.26 Å². The van der Waals surface area contributed by atoms with Crippen molar-refractivity contribution in [2.45, 2.75) is 6.42 Å². The Morgan fingerprint density at radius 2 is 2.31 bits per heavy atom. The van der Waals surface area contributed by atoms with E-state index in [0.29, 0.717) is 12.0 Å². The summed E-state index contributed by atoms with van der Waals surface area (Å²) in [5, 5.41) is 19.7. The minimum absolute atomic E-state index is 0.0675. The molecule has 0 unspecified atom stereocenters. The van der Waals surface area contributed by atoms with E-state index in [1.54, 1.807) is 12.1 Å².